The van der Waals surface area contributed by atoms with Crippen molar-refractivity contribution in [1.82, 2.24) is 19.9 Å². The van der Waals surface area contributed by atoms with E-state index in [1.165, 1.54) is 20.3 Å². The van der Waals surface area contributed by atoms with E-state index in [1.807, 2.05) is 6.07 Å². The van der Waals surface area contributed by atoms with Crippen molar-refractivity contribution in [2.24, 2.45) is 0 Å². The first-order valence-electron chi connectivity index (χ1n) is 18.5. The van der Waals surface area contributed by atoms with Crippen LogP contribution >= 0.6 is 22.7 Å². The van der Waals surface area contributed by atoms with E-state index in [2.05, 4.69) is 176 Å². The molecule has 6 heteroatoms. The van der Waals surface area contributed by atoms with Gasteiger partial charge in [-0.05, 0) is 46.5 Å². The van der Waals surface area contributed by atoms with Gasteiger partial charge in [-0.15, -0.1) is 22.7 Å². The fourth-order valence-corrected chi connectivity index (χ4v) is 9.80. The molecule has 0 atom stereocenters. The fourth-order valence-electron chi connectivity index (χ4n) is 7.64. The molecule has 262 valence electrons. The quantitative estimate of drug-likeness (QED) is 0.170. The van der Waals surface area contributed by atoms with Crippen LogP contribution in [0, 0.1) is 0 Å². The van der Waals surface area contributed by atoms with Crippen LogP contribution in [0.4, 0.5) is 0 Å². The van der Waals surface area contributed by atoms with E-state index < -0.39 is 0 Å². The third kappa shape index (κ3) is 5.66. The first-order chi connectivity index (χ1) is 27.7. The Morgan fingerprint density at radius 3 is 1.27 bits per heavy atom. The molecule has 0 radical (unpaired) electrons. The number of aromatic nitrogens is 4. The van der Waals surface area contributed by atoms with E-state index in [0.29, 0.717) is 11.6 Å². The summed E-state index contributed by atoms with van der Waals surface area (Å²) in [7, 11) is 0. The summed E-state index contributed by atoms with van der Waals surface area (Å²) in [6, 6.07) is 63.8. The predicted octanol–water partition coefficient (Wildman–Crippen LogP) is 14.0. The van der Waals surface area contributed by atoms with E-state index in [9.17, 15) is 0 Å². The topological polar surface area (TPSA) is 51.6 Å². The van der Waals surface area contributed by atoms with Crippen LogP contribution in [-0.2, 0) is 0 Å². The van der Waals surface area contributed by atoms with E-state index in [1.54, 1.807) is 22.7 Å². The molecular weight excluding hydrogens is 721 g/mol. The molecule has 0 aliphatic heterocycles. The first kappa shape index (κ1) is 32.6. The summed E-state index contributed by atoms with van der Waals surface area (Å²) in [6.45, 7) is 0. The zero-order valence-electron chi connectivity index (χ0n) is 29.9. The Kier molecular flexibility index (Phi) is 7.83. The van der Waals surface area contributed by atoms with Crippen molar-refractivity contribution >= 4 is 63.3 Å². The molecule has 7 aromatic carbocycles. The zero-order chi connectivity index (χ0) is 37.0. The van der Waals surface area contributed by atoms with Crippen molar-refractivity contribution in [3.05, 3.63) is 182 Å². The number of rotatable bonds is 6. The van der Waals surface area contributed by atoms with Crippen molar-refractivity contribution in [2.75, 3.05) is 0 Å². The number of hydrogen-bond acceptors (Lipinski definition) is 6. The number of hydrogen-bond donors (Lipinski definition) is 0. The minimum atomic E-state index is 0.697. The average Bonchev–Trinajstić information content (AvgIpc) is 3.85. The molecule has 0 amide bonds. The van der Waals surface area contributed by atoms with Crippen LogP contribution in [0.15, 0.2) is 182 Å². The van der Waals surface area contributed by atoms with Gasteiger partial charge >= 0.3 is 0 Å². The van der Waals surface area contributed by atoms with Gasteiger partial charge in [0.1, 0.15) is 9.66 Å². The predicted molar refractivity (Wildman–Crippen MR) is 236 cm³/mol. The van der Waals surface area contributed by atoms with Crippen LogP contribution in [0.2, 0.25) is 0 Å². The number of thiophene rings is 2. The third-order valence-corrected chi connectivity index (χ3v) is 12.5. The lowest BCUT2D eigenvalue weighted by Crippen LogP contribution is -1.95. The maximum Gasteiger partial charge on any atom is 0.161 e. The highest BCUT2D eigenvalue weighted by Gasteiger charge is 2.20. The van der Waals surface area contributed by atoms with Crippen molar-refractivity contribution in [3.63, 3.8) is 0 Å². The smallest absolute Gasteiger partial charge is 0.161 e. The van der Waals surface area contributed by atoms with E-state index in [4.69, 9.17) is 19.9 Å². The Hall–Kier alpha value is -6.86. The molecule has 11 aromatic rings. The average molecular weight is 751 g/mol. The minimum Gasteiger partial charge on any atom is -0.227 e. The Labute approximate surface area is 331 Å². The minimum absolute atomic E-state index is 0.697. The summed E-state index contributed by atoms with van der Waals surface area (Å²) < 4.78 is 2.39. The fraction of sp³-hybridized carbons (Fsp3) is 0. The number of benzene rings is 7. The van der Waals surface area contributed by atoms with Crippen molar-refractivity contribution in [2.45, 2.75) is 0 Å². The highest BCUT2D eigenvalue weighted by molar-refractivity contribution is 7.26. The van der Waals surface area contributed by atoms with Crippen LogP contribution in [0.25, 0.3) is 108 Å². The molecule has 0 bridgehead atoms. The van der Waals surface area contributed by atoms with Gasteiger partial charge in [-0.3, -0.25) is 0 Å². The van der Waals surface area contributed by atoms with Crippen LogP contribution < -0.4 is 0 Å². The summed E-state index contributed by atoms with van der Waals surface area (Å²) in [5.74, 6) is 1.41. The van der Waals surface area contributed by atoms with E-state index in [0.717, 1.165) is 76.2 Å². The highest BCUT2D eigenvalue weighted by Crippen LogP contribution is 2.42. The summed E-state index contributed by atoms with van der Waals surface area (Å²) in [5.41, 5.74) is 10.5. The van der Waals surface area contributed by atoms with Gasteiger partial charge in [0.25, 0.3) is 0 Å². The van der Waals surface area contributed by atoms with Gasteiger partial charge in [0, 0.05) is 53.2 Å². The van der Waals surface area contributed by atoms with Crippen molar-refractivity contribution < 1.29 is 0 Å². The van der Waals surface area contributed by atoms with Gasteiger partial charge < -0.3 is 0 Å². The first-order valence-corrected chi connectivity index (χ1v) is 20.2. The molecule has 0 N–H and O–H groups in total. The standard InChI is InChI=1S/C50H30N4S2/c1-3-13-31(14-4-1)35-17-11-19-37(29-35)46-44-40-22-8-10-24-42(40)56-50(44)53-47(52-46)34-27-25-33(26-28-34)45-43-39-21-7-9-23-41(39)55-49(43)54-48(51-45)38-20-12-18-36(30-38)32-15-5-2-6-16-32/h1-30H. The molecule has 0 saturated heterocycles. The Morgan fingerprint density at radius 1 is 0.286 bits per heavy atom. The molecule has 11 rings (SSSR count). The lowest BCUT2D eigenvalue weighted by molar-refractivity contribution is 1.23. The normalized spacial score (nSPS) is 11.6. The molecule has 0 aliphatic carbocycles. The van der Waals surface area contributed by atoms with Crippen molar-refractivity contribution in [1.29, 1.82) is 0 Å². The molecule has 0 fully saturated rings. The van der Waals surface area contributed by atoms with Crippen LogP contribution in [0.3, 0.4) is 0 Å². The molecule has 4 aromatic heterocycles. The van der Waals surface area contributed by atoms with Gasteiger partial charge in [0.15, 0.2) is 11.6 Å². The Balaban J connectivity index is 1.05. The van der Waals surface area contributed by atoms with Gasteiger partial charge in [-0.2, -0.15) is 0 Å². The molecule has 0 unspecified atom stereocenters. The molecule has 4 heterocycles. The zero-order valence-corrected chi connectivity index (χ0v) is 31.6. The highest BCUT2D eigenvalue weighted by atomic mass is 32.1. The number of nitrogens with zero attached hydrogens (tertiary/aromatic N) is 4. The van der Waals surface area contributed by atoms with Crippen LogP contribution in [-0.4, -0.2) is 19.9 Å². The maximum atomic E-state index is 5.34. The SMILES string of the molecule is c1ccc(-c2cccc(-c3nc(-c4ccc(-c5nc(-c6cccc(-c7ccccc7)c6)c6c(n5)sc5ccccc56)cc4)c4c(n3)sc3ccccc34)c2)cc1. The van der Waals surface area contributed by atoms with Crippen molar-refractivity contribution in [3.8, 4) is 67.5 Å². The summed E-state index contributed by atoms with van der Waals surface area (Å²) >= 11 is 3.43. The largest absolute Gasteiger partial charge is 0.227 e. The van der Waals surface area contributed by atoms with E-state index >= 15 is 0 Å². The molecule has 4 nitrogen and oxygen atoms in total. The second-order valence-electron chi connectivity index (χ2n) is 13.8. The van der Waals surface area contributed by atoms with Crippen LogP contribution in [0.5, 0.6) is 0 Å². The summed E-state index contributed by atoms with van der Waals surface area (Å²) in [4.78, 5) is 23.0. The lowest BCUT2D eigenvalue weighted by atomic mass is 9.99. The lowest BCUT2D eigenvalue weighted by Gasteiger charge is -2.11. The molecular formula is C50H30N4S2. The van der Waals surface area contributed by atoms with E-state index in [-0.39, 0.29) is 0 Å². The monoisotopic (exact) mass is 750 g/mol. The molecule has 0 aliphatic rings. The van der Waals surface area contributed by atoms with Gasteiger partial charge in [0.05, 0.1) is 11.4 Å². The second-order valence-corrected chi connectivity index (χ2v) is 15.9. The van der Waals surface area contributed by atoms with Crippen LogP contribution in [0.1, 0.15) is 0 Å². The summed E-state index contributed by atoms with van der Waals surface area (Å²) in [5, 5.41) is 4.50. The number of fused-ring (bicyclic) bond motifs is 6. The second kappa shape index (κ2) is 13.5. The Bertz CT molecular complexity index is 3240. The third-order valence-electron chi connectivity index (χ3n) is 10.4. The van der Waals surface area contributed by atoms with Gasteiger partial charge in [-0.1, -0.05) is 158 Å². The van der Waals surface area contributed by atoms with Gasteiger partial charge in [-0.25, -0.2) is 19.9 Å². The Morgan fingerprint density at radius 2 is 0.696 bits per heavy atom. The maximum absolute atomic E-state index is 5.34. The molecule has 0 spiro atoms. The molecule has 0 saturated carbocycles. The summed E-state index contributed by atoms with van der Waals surface area (Å²) in [6.07, 6.45) is 0. The molecule has 56 heavy (non-hydrogen) atoms. The van der Waals surface area contributed by atoms with Gasteiger partial charge in [0.2, 0.25) is 0 Å².